The Morgan fingerprint density at radius 1 is 1.40 bits per heavy atom. The van der Waals surface area contributed by atoms with Crippen LogP contribution in [0, 0.1) is 5.92 Å². The van der Waals surface area contributed by atoms with Gasteiger partial charge in [0.05, 0.1) is 5.54 Å². The summed E-state index contributed by atoms with van der Waals surface area (Å²) in [5.41, 5.74) is 0.479. The minimum absolute atomic E-state index is 0.238. The van der Waals surface area contributed by atoms with Crippen LogP contribution in [0.2, 0.25) is 0 Å². The van der Waals surface area contributed by atoms with Crippen molar-refractivity contribution < 1.29 is 9.53 Å². The summed E-state index contributed by atoms with van der Waals surface area (Å²) in [6.45, 7) is 5.59. The summed E-state index contributed by atoms with van der Waals surface area (Å²) < 4.78 is 6.45. The number of halogens is 1. The molecule has 1 saturated carbocycles. The summed E-state index contributed by atoms with van der Waals surface area (Å²) in [5.74, 6) is 1.48. The van der Waals surface area contributed by atoms with Gasteiger partial charge in [0.2, 0.25) is 0 Å². The molecule has 2 atom stereocenters. The Bertz CT molecular complexity index is 686. The zero-order valence-electron chi connectivity index (χ0n) is 15.0. The average Bonchev–Trinajstić information content (AvgIpc) is 2.52. The number of rotatable bonds is 1. The molecule has 0 spiro atoms. The Balaban J connectivity index is 1.90. The highest BCUT2D eigenvalue weighted by Gasteiger charge is 2.45. The van der Waals surface area contributed by atoms with Crippen LogP contribution in [0.25, 0.3) is 0 Å². The summed E-state index contributed by atoms with van der Waals surface area (Å²) in [4.78, 5) is 17.2. The van der Waals surface area contributed by atoms with Crippen LogP contribution < -0.4 is 5.32 Å². The molecule has 1 heterocycles. The molecule has 2 unspecified atom stereocenters. The lowest BCUT2D eigenvalue weighted by Crippen LogP contribution is -2.45. The summed E-state index contributed by atoms with van der Waals surface area (Å²) in [5, 5.41) is 3.53. The fourth-order valence-corrected chi connectivity index (χ4v) is 5.23. The van der Waals surface area contributed by atoms with Gasteiger partial charge in [0, 0.05) is 10.2 Å². The first-order valence-electron chi connectivity index (χ1n) is 8.77. The maximum atomic E-state index is 12.1. The first kappa shape index (κ1) is 18.8. The molecular weight excluding hydrogens is 400 g/mol. The molecule has 1 aromatic rings. The molecule has 1 aliphatic heterocycles. The van der Waals surface area contributed by atoms with E-state index in [0.29, 0.717) is 11.1 Å². The monoisotopic (exact) mass is 424 g/mol. The third-order valence-electron chi connectivity index (χ3n) is 4.69. The Morgan fingerprint density at radius 2 is 2.20 bits per heavy atom. The molecule has 1 amide bonds. The summed E-state index contributed by atoms with van der Waals surface area (Å²) in [6.07, 6.45) is 4.19. The predicted octanol–water partition coefficient (Wildman–Crippen LogP) is 5.46. The van der Waals surface area contributed by atoms with Gasteiger partial charge in [-0.3, -0.25) is 10.3 Å². The van der Waals surface area contributed by atoms with Crippen molar-refractivity contribution >= 4 is 39.0 Å². The lowest BCUT2D eigenvalue weighted by atomic mass is 9.70. The van der Waals surface area contributed by atoms with Crippen LogP contribution in [-0.4, -0.2) is 22.6 Å². The molecule has 0 aromatic heterocycles. The van der Waals surface area contributed by atoms with E-state index in [-0.39, 0.29) is 5.54 Å². The van der Waals surface area contributed by atoms with Gasteiger partial charge in [0.15, 0.2) is 5.17 Å². The van der Waals surface area contributed by atoms with Crippen molar-refractivity contribution in [3.05, 3.63) is 34.3 Å². The minimum atomic E-state index is -0.515. The number of hydrogen-bond acceptors (Lipinski definition) is 4. The number of aliphatic imine (C=N–C) groups is 1. The van der Waals surface area contributed by atoms with Crippen LogP contribution in [0.3, 0.4) is 0 Å². The number of amides is 1. The number of amidine groups is 1. The van der Waals surface area contributed by atoms with Gasteiger partial charge in [0.25, 0.3) is 0 Å². The van der Waals surface area contributed by atoms with E-state index >= 15 is 0 Å². The molecule has 1 fully saturated rings. The van der Waals surface area contributed by atoms with Crippen LogP contribution in [0.5, 0.6) is 0 Å². The maximum absolute atomic E-state index is 12.1. The van der Waals surface area contributed by atoms with Crippen LogP contribution in [0.4, 0.5) is 4.79 Å². The van der Waals surface area contributed by atoms with E-state index in [9.17, 15) is 4.79 Å². The lowest BCUT2D eigenvalue weighted by Gasteiger charge is -2.44. The van der Waals surface area contributed by atoms with Gasteiger partial charge in [0.1, 0.15) is 5.60 Å². The molecule has 0 radical (unpaired) electrons. The molecule has 4 nitrogen and oxygen atoms in total. The first-order valence-corrected chi connectivity index (χ1v) is 10.6. The number of hydrogen-bond donors (Lipinski definition) is 1. The number of nitrogens with one attached hydrogen (secondary N) is 1. The molecule has 25 heavy (non-hydrogen) atoms. The molecule has 2 aliphatic rings. The highest BCUT2D eigenvalue weighted by Crippen LogP contribution is 2.49. The number of carbonyl (C=O) groups excluding carboxylic acids is 1. The number of alkyl carbamates (subject to hydrolysis) is 1. The van der Waals surface area contributed by atoms with Crippen molar-refractivity contribution in [1.29, 1.82) is 0 Å². The second kappa shape index (κ2) is 7.31. The number of nitrogens with zero attached hydrogens (tertiary/aromatic N) is 1. The highest BCUT2D eigenvalue weighted by molar-refractivity contribution is 9.10. The lowest BCUT2D eigenvalue weighted by molar-refractivity contribution is 0.0563. The van der Waals surface area contributed by atoms with Gasteiger partial charge in [-0.1, -0.05) is 52.7 Å². The molecule has 136 valence electrons. The van der Waals surface area contributed by atoms with Crippen molar-refractivity contribution in [2.24, 2.45) is 10.9 Å². The van der Waals surface area contributed by atoms with Gasteiger partial charge in [-0.05, 0) is 57.2 Å². The van der Waals surface area contributed by atoms with Gasteiger partial charge in [-0.25, -0.2) is 4.79 Å². The van der Waals surface area contributed by atoms with Crippen molar-refractivity contribution in [2.75, 3.05) is 5.75 Å². The third kappa shape index (κ3) is 4.40. The van der Waals surface area contributed by atoms with Crippen LogP contribution >= 0.6 is 27.7 Å². The molecule has 6 heteroatoms. The maximum Gasteiger partial charge on any atom is 0.413 e. The van der Waals surface area contributed by atoms with Gasteiger partial charge in [-0.15, -0.1) is 0 Å². The van der Waals surface area contributed by atoms with Crippen LogP contribution in [0.15, 0.2) is 33.7 Å². The Kier molecular flexibility index (Phi) is 5.49. The van der Waals surface area contributed by atoms with Gasteiger partial charge in [-0.2, -0.15) is 0 Å². The number of ether oxygens (including phenoxy) is 1. The van der Waals surface area contributed by atoms with Crippen molar-refractivity contribution in [2.45, 2.75) is 57.6 Å². The number of carbonyl (C=O) groups is 1. The second-order valence-electron chi connectivity index (χ2n) is 7.73. The summed E-state index contributed by atoms with van der Waals surface area (Å²) in [7, 11) is 0. The largest absolute Gasteiger partial charge is 0.444 e. The highest BCUT2D eigenvalue weighted by atomic mass is 79.9. The predicted molar refractivity (Wildman–Crippen MR) is 107 cm³/mol. The first-order chi connectivity index (χ1) is 11.8. The van der Waals surface area contributed by atoms with E-state index in [4.69, 9.17) is 9.73 Å². The Hall–Kier alpha value is -1.01. The summed E-state index contributed by atoms with van der Waals surface area (Å²) in [6, 6.07) is 8.44. The van der Waals surface area contributed by atoms with Gasteiger partial charge >= 0.3 is 6.09 Å². The van der Waals surface area contributed by atoms with Gasteiger partial charge < -0.3 is 4.74 Å². The second-order valence-corrected chi connectivity index (χ2v) is 9.66. The molecule has 0 saturated heterocycles. The average molecular weight is 425 g/mol. The normalized spacial score (nSPS) is 26.4. The van der Waals surface area contributed by atoms with E-state index in [2.05, 4.69) is 39.4 Å². The Labute approximate surface area is 162 Å². The van der Waals surface area contributed by atoms with E-state index < -0.39 is 11.7 Å². The van der Waals surface area contributed by atoms with Crippen LogP contribution in [-0.2, 0) is 10.3 Å². The smallest absolute Gasteiger partial charge is 0.413 e. The standard InChI is InChI=1S/C19H25BrN2O2S/c1-18(2,3)24-17(23)21-16-22-19(13-8-6-9-15(20)11-13)10-5-4-7-14(19)12-25-16/h6,8-9,11,14H,4-5,7,10,12H2,1-3H3,(H,21,22,23). The molecule has 1 aromatic carbocycles. The fourth-order valence-electron chi connectivity index (χ4n) is 3.65. The summed E-state index contributed by atoms with van der Waals surface area (Å²) >= 11 is 5.21. The molecule has 1 aliphatic carbocycles. The third-order valence-corrected chi connectivity index (χ3v) is 6.22. The zero-order valence-corrected chi connectivity index (χ0v) is 17.4. The SMILES string of the molecule is CC(C)(C)OC(=O)NC1=NC2(c3cccc(Br)c3)CCCCC2CS1. The molecule has 3 rings (SSSR count). The van der Waals surface area contributed by atoms with Crippen molar-refractivity contribution in [3.8, 4) is 0 Å². The number of fused-ring (bicyclic) bond motifs is 1. The minimum Gasteiger partial charge on any atom is -0.444 e. The van der Waals surface area contributed by atoms with E-state index in [0.717, 1.165) is 23.1 Å². The molecular formula is C19H25BrN2O2S. The molecule has 1 N–H and O–H groups in total. The van der Waals surface area contributed by atoms with E-state index in [1.807, 2.05) is 26.8 Å². The van der Waals surface area contributed by atoms with Crippen LogP contribution in [0.1, 0.15) is 52.0 Å². The number of benzene rings is 1. The number of thioether (sulfide) groups is 1. The van der Waals surface area contributed by atoms with E-state index in [1.165, 1.54) is 18.4 Å². The van der Waals surface area contributed by atoms with E-state index in [1.54, 1.807) is 11.8 Å². The topological polar surface area (TPSA) is 50.7 Å². The fraction of sp³-hybridized carbons (Fsp3) is 0.579. The quantitative estimate of drug-likeness (QED) is 0.650. The van der Waals surface area contributed by atoms with Crippen molar-refractivity contribution in [1.82, 2.24) is 5.32 Å². The molecule has 0 bridgehead atoms. The Morgan fingerprint density at radius 3 is 2.92 bits per heavy atom. The van der Waals surface area contributed by atoms with Crippen molar-refractivity contribution in [3.63, 3.8) is 0 Å². The zero-order chi connectivity index (χ0) is 18.1.